The van der Waals surface area contributed by atoms with Crippen molar-refractivity contribution in [3.63, 3.8) is 0 Å². The fraction of sp³-hybridized carbons (Fsp3) is 0.571. The van der Waals surface area contributed by atoms with Crippen LogP contribution in [0.3, 0.4) is 0 Å². The Morgan fingerprint density at radius 1 is 1.67 bits per heavy atom. The van der Waals surface area contributed by atoms with Crippen molar-refractivity contribution in [3.05, 3.63) is 12.2 Å². The Balaban J connectivity index is 2.67. The van der Waals surface area contributed by atoms with Crippen LogP contribution in [-0.4, -0.2) is 17.0 Å². The van der Waals surface area contributed by atoms with Crippen molar-refractivity contribution in [2.75, 3.05) is 0 Å². The highest BCUT2D eigenvalue weighted by Gasteiger charge is 2.23. The van der Waals surface area contributed by atoms with Gasteiger partial charge in [-0.3, -0.25) is 4.79 Å². The molecule has 1 aliphatic carbocycles. The number of carbonyl (C=O) groups excluding carboxylic acids is 1. The first-order valence-corrected chi connectivity index (χ1v) is 3.13. The zero-order valence-electron chi connectivity index (χ0n) is 5.21. The summed E-state index contributed by atoms with van der Waals surface area (Å²) in [6, 6.07) is 0. The molecule has 0 aromatic heterocycles. The highest BCUT2D eigenvalue weighted by Crippen LogP contribution is 2.18. The standard InChI is InChI=1S/C7H10O2/c8-6-7(9)4-2-1-3-5-7/h2,4,6,9H,1,3,5H2. The van der Waals surface area contributed by atoms with Crippen molar-refractivity contribution >= 4 is 6.29 Å². The molecule has 1 atom stereocenters. The summed E-state index contributed by atoms with van der Waals surface area (Å²) in [5.74, 6) is 0. The zero-order valence-corrected chi connectivity index (χ0v) is 5.21. The van der Waals surface area contributed by atoms with Crippen LogP contribution < -0.4 is 0 Å². The van der Waals surface area contributed by atoms with Gasteiger partial charge in [0.25, 0.3) is 0 Å². The topological polar surface area (TPSA) is 37.3 Å². The van der Waals surface area contributed by atoms with Gasteiger partial charge in [-0.25, -0.2) is 0 Å². The van der Waals surface area contributed by atoms with Gasteiger partial charge in [-0.2, -0.15) is 0 Å². The number of aliphatic hydroxyl groups is 1. The summed E-state index contributed by atoms with van der Waals surface area (Å²) in [4.78, 5) is 10.2. The second-order valence-corrected chi connectivity index (χ2v) is 2.40. The van der Waals surface area contributed by atoms with Crippen molar-refractivity contribution in [2.24, 2.45) is 0 Å². The lowest BCUT2D eigenvalue weighted by Crippen LogP contribution is -2.29. The monoisotopic (exact) mass is 126 g/mol. The second-order valence-electron chi connectivity index (χ2n) is 2.40. The first-order valence-electron chi connectivity index (χ1n) is 3.13. The van der Waals surface area contributed by atoms with Crippen molar-refractivity contribution in [1.82, 2.24) is 0 Å². The predicted octanol–water partition coefficient (Wildman–Crippen LogP) is 0.657. The minimum Gasteiger partial charge on any atom is -0.378 e. The summed E-state index contributed by atoms with van der Waals surface area (Å²) in [5, 5.41) is 9.23. The van der Waals surface area contributed by atoms with Crippen LogP contribution in [0.25, 0.3) is 0 Å². The molecule has 0 amide bonds. The number of allylic oxidation sites excluding steroid dienone is 1. The van der Waals surface area contributed by atoms with Gasteiger partial charge in [-0.15, -0.1) is 0 Å². The lowest BCUT2D eigenvalue weighted by atomic mass is 9.93. The summed E-state index contributed by atoms with van der Waals surface area (Å²) in [7, 11) is 0. The maximum Gasteiger partial charge on any atom is 0.155 e. The highest BCUT2D eigenvalue weighted by molar-refractivity contribution is 5.65. The summed E-state index contributed by atoms with van der Waals surface area (Å²) in [6.45, 7) is 0. The molecular weight excluding hydrogens is 116 g/mol. The van der Waals surface area contributed by atoms with Gasteiger partial charge in [0.05, 0.1) is 0 Å². The van der Waals surface area contributed by atoms with E-state index in [4.69, 9.17) is 0 Å². The molecule has 2 heteroatoms. The van der Waals surface area contributed by atoms with Gasteiger partial charge < -0.3 is 5.11 Å². The second kappa shape index (κ2) is 2.31. The maximum atomic E-state index is 10.2. The first kappa shape index (κ1) is 6.49. The number of aldehydes is 1. The first-order chi connectivity index (χ1) is 4.27. The van der Waals surface area contributed by atoms with Crippen molar-refractivity contribution in [3.8, 4) is 0 Å². The predicted molar refractivity (Wildman–Crippen MR) is 34.0 cm³/mol. The molecule has 0 radical (unpaired) electrons. The van der Waals surface area contributed by atoms with Crippen LogP contribution in [-0.2, 0) is 4.79 Å². The summed E-state index contributed by atoms with van der Waals surface area (Å²) in [6.07, 6.45) is 6.49. The van der Waals surface area contributed by atoms with Crippen molar-refractivity contribution < 1.29 is 9.90 Å². The number of hydrogen-bond donors (Lipinski definition) is 1. The lowest BCUT2D eigenvalue weighted by molar-refractivity contribution is -0.120. The molecule has 0 saturated heterocycles. The molecule has 1 N–H and O–H groups in total. The van der Waals surface area contributed by atoms with Gasteiger partial charge in [0.2, 0.25) is 0 Å². The van der Waals surface area contributed by atoms with Crippen LogP contribution in [0.5, 0.6) is 0 Å². The van der Waals surface area contributed by atoms with E-state index in [0.29, 0.717) is 12.7 Å². The van der Waals surface area contributed by atoms with Gasteiger partial charge in [0.1, 0.15) is 5.60 Å². The van der Waals surface area contributed by atoms with Gasteiger partial charge >= 0.3 is 0 Å². The largest absolute Gasteiger partial charge is 0.378 e. The van der Waals surface area contributed by atoms with Crippen LogP contribution in [0.4, 0.5) is 0 Å². The Bertz CT molecular complexity index is 140. The maximum absolute atomic E-state index is 10.2. The summed E-state index contributed by atoms with van der Waals surface area (Å²) >= 11 is 0. The molecule has 1 rings (SSSR count). The third-order valence-corrected chi connectivity index (χ3v) is 1.56. The molecule has 0 saturated carbocycles. The summed E-state index contributed by atoms with van der Waals surface area (Å²) < 4.78 is 0. The van der Waals surface area contributed by atoms with E-state index in [1.807, 2.05) is 6.08 Å². The fourth-order valence-corrected chi connectivity index (χ4v) is 0.972. The molecule has 0 aromatic rings. The minimum absolute atomic E-state index is 0.576. The third-order valence-electron chi connectivity index (χ3n) is 1.56. The van der Waals surface area contributed by atoms with E-state index in [1.165, 1.54) is 0 Å². The Morgan fingerprint density at radius 2 is 2.44 bits per heavy atom. The van der Waals surface area contributed by atoms with Crippen molar-refractivity contribution in [1.29, 1.82) is 0 Å². The molecule has 0 aliphatic heterocycles. The molecule has 2 nitrogen and oxygen atoms in total. The fourth-order valence-electron chi connectivity index (χ4n) is 0.972. The van der Waals surface area contributed by atoms with E-state index >= 15 is 0 Å². The van der Waals surface area contributed by atoms with E-state index in [1.54, 1.807) is 6.08 Å². The quantitative estimate of drug-likeness (QED) is 0.414. The zero-order chi connectivity index (χ0) is 6.74. The molecule has 50 valence electrons. The van der Waals surface area contributed by atoms with Crippen LogP contribution >= 0.6 is 0 Å². The SMILES string of the molecule is O=CC1(O)C=CCCC1. The molecule has 9 heavy (non-hydrogen) atoms. The van der Waals surface area contributed by atoms with Crippen molar-refractivity contribution in [2.45, 2.75) is 24.9 Å². The van der Waals surface area contributed by atoms with E-state index < -0.39 is 5.60 Å². The van der Waals surface area contributed by atoms with E-state index in [2.05, 4.69) is 0 Å². The normalized spacial score (nSPS) is 34.3. The van der Waals surface area contributed by atoms with Gasteiger partial charge in [-0.05, 0) is 25.3 Å². The third kappa shape index (κ3) is 1.39. The van der Waals surface area contributed by atoms with Gasteiger partial charge in [0, 0.05) is 0 Å². The number of rotatable bonds is 1. The Morgan fingerprint density at radius 3 is 2.78 bits per heavy atom. The summed E-state index contributed by atoms with van der Waals surface area (Å²) in [5.41, 5.74) is -1.14. The Kier molecular flexibility index (Phi) is 1.67. The van der Waals surface area contributed by atoms with Crippen LogP contribution in [0, 0.1) is 0 Å². The smallest absolute Gasteiger partial charge is 0.155 e. The minimum atomic E-state index is -1.14. The van der Waals surface area contributed by atoms with Gasteiger partial charge in [0.15, 0.2) is 6.29 Å². The molecular formula is C7H10O2. The molecule has 0 spiro atoms. The molecule has 1 unspecified atom stereocenters. The Hall–Kier alpha value is -0.630. The van der Waals surface area contributed by atoms with E-state index in [0.717, 1.165) is 12.8 Å². The van der Waals surface area contributed by atoms with E-state index in [-0.39, 0.29) is 0 Å². The van der Waals surface area contributed by atoms with Gasteiger partial charge in [-0.1, -0.05) is 6.08 Å². The van der Waals surface area contributed by atoms with Crippen LogP contribution in [0.1, 0.15) is 19.3 Å². The number of carbonyl (C=O) groups is 1. The molecule has 0 aromatic carbocycles. The molecule has 0 bridgehead atoms. The van der Waals surface area contributed by atoms with E-state index in [9.17, 15) is 9.90 Å². The highest BCUT2D eigenvalue weighted by atomic mass is 16.3. The average molecular weight is 126 g/mol. The van der Waals surface area contributed by atoms with Crippen LogP contribution in [0.15, 0.2) is 12.2 Å². The Labute approximate surface area is 54.2 Å². The molecule has 0 heterocycles. The average Bonchev–Trinajstić information content (AvgIpc) is 1.90. The molecule has 0 fully saturated rings. The lowest BCUT2D eigenvalue weighted by Gasteiger charge is -2.19. The number of hydrogen-bond acceptors (Lipinski definition) is 2. The molecule has 1 aliphatic rings. The van der Waals surface area contributed by atoms with Crippen LogP contribution in [0.2, 0.25) is 0 Å².